The molecule has 0 saturated heterocycles. The number of carbonyl (C=O) groups excluding carboxylic acids is 1. The van der Waals surface area contributed by atoms with Crippen LogP contribution in [0.4, 0.5) is 5.69 Å². The van der Waals surface area contributed by atoms with Gasteiger partial charge in [0, 0.05) is 11.6 Å². The third-order valence-electron chi connectivity index (χ3n) is 3.75. The number of nitrogens with one attached hydrogen (secondary N) is 1. The van der Waals surface area contributed by atoms with Gasteiger partial charge in [0.05, 0.1) is 21.6 Å². The van der Waals surface area contributed by atoms with Crippen LogP contribution < -0.4 is 5.32 Å². The molecule has 5 nitrogen and oxygen atoms in total. The van der Waals surface area contributed by atoms with Gasteiger partial charge in [0.25, 0.3) is 0 Å². The van der Waals surface area contributed by atoms with Crippen molar-refractivity contribution in [3.05, 3.63) is 23.7 Å². The normalized spacial score (nSPS) is 22.0. The van der Waals surface area contributed by atoms with Gasteiger partial charge < -0.3 is 10.4 Å². The zero-order valence-electron chi connectivity index (χ0n) is 10.7. The predicted molar refractivity (Wildman–Crippen MR) is 76.7 cm³/mol. The third kappa shape index (κ3) is 2.51. The van der Waals surface area contributed by atoms with Gasteiger partial charge in [-0.1, -0.05) is 0 Å². The highest BCUT2D eigenvalue weighted by Crippen LogP contribution is 2.32. The highest BCUT2D eigenvalue weighted by molar-refractivity contribution is 7.16. The van der Waals surface area contributed by atoms with Crippen molar-refractivity contribution >= 4 is 39.1 Å². The van der Waals surface area contributed by atoms with E-state index in [-0.39, 0.29) is 17.7 Å². The van der Waals surface area contributed by atoms with Gasteiger partial charge in [-0.25, -0.2) is 4.98 Å². The van der Waals surface area contributed by atoms with Crippen molar-refractivity contribution in [2.24, 2.45) is 11.8 Å². The average molecular weight is 290 g/mol. The lowest BCUT2D eigenvalue weighted by molar-refractivity contribution is -0.141. The summed E-state index contributed by atoms with van der Waals surface area (Å²) in [5, 5.41) is 11.8. The maximum absolute atomic E-state index is 12.1. The monoisotopic (exact) mass is 290 g/mol. The Balaban J connectivity index is 1.68. The van der Waals surface area contributed by atoms with Crippen molar-refractivity contribution in [3.8, 4) is 0 Å². The van der Waals surface area contributed by atoms with Crippen LogP contribution in [0.5, 0.6) is 0 Å². The first kappa shape index (κ1) is 13.1. The molecule has 1 aliphatic rings. The highest BCUT2D eigenvalue weighted by Gasteiger charge is 2.33. The molecular formula is C14H14N2O3S. The summed E-state index contributed by atoms with van der Waals surface area (Å²) in [6.45, 7) is 0. The molecule has 2 atom stereocenters. The van der Waals surface area contributed by atoms with Gasteiger partial charge in [-0.05, 0) is 37.5 Å². The van der Waals surface area contributed by atoms with Crippen LogP contribution in [0.25, 0.3) is 10.2 Å². The lowest BCUT2D eigenvalue weighted by atomic mass is 10.0. The number of hydrogen-bond donors (Lipinski definition) is 2. The van der Waals surface area contributed by atoms with Crippen molar-refractivity contribution in [1.82, 2.24) is 4.98 Å². The number of aromatic nitrogens is 1. The quantitative estimate of drug-likeness (QED) is 0.911. The molecule has 0 spiro atoms. The van der Waals surface area contributed by atoms with Crippen molar-refractivity contribution in [2.75, 3.05) is 5.32 Å². The van der Waals surface area contributed by atoms with Gasteiger partial charge in [0.15, 0.2) is 0 Å². The molecule has 0 unspecified atom stereocenters. The number of nitrogens with zero attached hydrogens (tertiary/aromatic N) is 1. The maximum Gasteiger partial charge on any atom is 0.306 e. The second-order valence-corrected chi connectivity index (χ2v) is 5.96. The fourth-order valence-electron chi connectivity index (χ4n) is 2.62. The number of carboxylic acids is 1. The third-order valence-corrected chi connectivity index (χ3v) is 4.54. The van der Waals surface area contributed by atoms with Gasteiger partial charge in [0.2, 0.25) is 5.91 Å². The van der Waals surface area contributed by atoms with Crippen molar-refractivity contribution < 1.29 is 14.7 Å². The molecule has 104 valence electrons. The van der Waals surface area contributed by atoms with Crippen molar-refractivity contribution in [1.29, 1.82) is 0 Å². The Labute approximate surface area is 119 Å². The zero-order chi connectivity index (χ0) is 14.1. The summed E-state index contributed by atoms with van der Waals surface area (Å²) in [4.78, 5) is 27.2. The number of carboxylic acid groups (broad SMARTS) is 1. The minimum Gasteiger partial charge on any atom is -0.481 e. The smallest absolute Gasteiger partial charge is 0.306 e. The number of amides is 1. The Morgan fingerprint density at radius 1 is 1.30 bits per heavy atom. The summed E-state index contributed by atoms with van der Waals surface area (Å²) in [5.74, 6) is -1.47. The summed E-state index contributed by atoms with van der Waals surface area (Å²) in [5.41, 5.74) is 3.43. The molecule has 6 heteroatoms. The van der Waals surface area contributed by atoms with E-state index in [9.17, 15) is 9.59 Å². The van der Waals surface area contributed by atoms with E-state index in [1.54, 1.807) is 5.51 Å². The standard InChI is InChI=1S/C14H14N2O3S/c17-13(8-1-2-9(5-8)14(18)19)16-10-3-4-11-12(6-10)20-7-15-11/h3-4,6-9H,1-2,5H2,(H,16,17)(H,18,19)/t8-,9+/m1/s1. The van der Waals surface area contributed by atoms with Gasteiger partial charge in [-0.3, -0.25) is 9.59 Å². The largest absolute Gasteiger partial charge is 0.481 e. The second-order valence-electron chi connectivity index (χ2n) is 5.07. The molecule has 1 aliphatic carbocycles. The fourth-order valence-corrected chi connectivity index (χ4v) is 3.34. The number of benzene rings is 1. The molecule has 0 bridgehead atoms. The Morgan fingerprint density at radius 2 is 2.10 bits per heavy atom. The van der Waals surface area contributed by atoms with Crippen LogP contribution in [0.2, 0.25) is 0 Å². The van der Waals surface area contributed by atoms with E-state index in [2.05, 4.69) is 10.3 Å². The summed E-state index contributed by atoms with van der Waals surface area (Å²) in [7, 11) is 0. The molecule has 3 rings (SSSR count). The maximum atomic E-state index is 12.1. The molecule has 1 amide bonds. The summed E-state index contributed by atoms with van der Waals surface area (Å²) in [6.07, 6.45) is 1.66. The van der Waals surface area contributed by atoms with E-state index in [0.29, 0.717) is 19.3 Å². The first-order valence-corrected chi connectivity index (χ1v) is 7.38. The number of hydrogen-bond acceptors (Lipinski definition) is 4. The summed E-state index contributed by atoms with van der Waals surface area (Å²) < 4.78 is 1.03. The molecule has 1 aromatic heterocycles. The second kappa shape index (κ2) is 5.20. The van der Waals surface area contributed by atoms with E-state index in [1.807, 2.05) is 18.2 Å². The van der Waals surface area contributed by atoms with Crippen LogP contribution in [-0.4, -0.2) is 22.0 Å². The Kier molecular flexibility index (Phi) is 3.40. The van der Waals surface area contributed by atoms with Crippen LogP contribution in [-0.2, 0) is 9.59 Å². The number of fused-ring (bicyclic) bond motifs is 1. The Bertz CT molecular complexity index is 667. The van der Waals surface area contributed by atoms with E-state index in [0.717, 1.165) is 15.9 Å². The molecule has 1 fully saturated rings. The number of aliphatic carboxylic acids is 1. The lowest BCUT2D eigenvalue weighted by Crippen LogP contribution is -2.21. The minimum absolute atomic E-state index is 0.0855. The minimum atomic E-state index is -0.800. The van der Waals surface area contributed by atoms with Crippen LogP contribution in [0.1, 0.15) is 19.3 Å². The Morgan fingerprint density at radius 3 is 2.85 bits per heavy atom. The summed E-state index contributed by atoms with van der Waals surface area (Å²) in [6, 6.07) is 5.59. The predicted octanol–water partition coefficient (Wildman–Crippen LogP) is 2.74. The van der Waals surface area contributed by atoms with Crippen LogP contribution in [0, 0.1) is 11.8 Å². The van der Waals surface area contributed by atoms with E-state index in [1.165, 1.54) is 11.3 Å². The van der Waals surface area contributed by atoms with E-state index in [4.69, 9.17) is 5.11 Å². The van der Waals surface area contributed by atoms with Crippen molar-refractivity contribution in [3.63, 3.8) is 0 Å². The van der Waals surface area contributed by atoms with Gasteiger partial charge in [-0.2, -0.15) is 0 Å². The number of rotatable bonds is 3. The molecule has 2 N–H and O–H groups in total. The summed E-state index contributed by atoms with van der Waals surface area (Å²) >= 11 is 1.52. The SMILES string of the molecule is O=C(O)[C@H]1CC[C@@H](C(=O)Nc2ccc3ncsc3c2)C1. The van der Waals surface area contributed by atoms with Crippen LogP contribution in [0.15, 0.2) is 23.7 Å². The average Bonchev–Trinajstić information content (AvgIpc) is 3.07. The number of thiazole rings is 1. The lowest BCUT2D eigenvalue weighted by Gasteiger charge is -2.10. The van der Waals surface area contributed by atoms with Crippen molar-refractivity contribution in [2.45, 2.75) is 19.3 Å². The van der Waals surface area contributed by atoms with E-state index >= 15 is 0 Å². The topological polar surface area (TPSA) is 79.3 Å². The zero-order valence-corrected chi connectivity index (χ0v) is 11.5. The van der Waals surface area contributed by atoms with Gasteiger partial charge in [-0.15, -0.1) is 11.3 Å². The number of anilines is 1. The molecular weight excluding hydrogens is 276 g/mol. The number of carbonyl (C=O) groups is 2. The molecule has 1 heterocycles. The van der Waals surface area contributed by atoms with Gasteiger partial charge in [0.1, 0.15) is 0 Å². The van der Waals surface area contributed by atoms with Crippen LogP contribution in [0.3, 0.4) is 0 Å². The van der Waals surface area contributed by atoms with E-state index < -0.39 is 5.97 Å². The van der Waals surface area contributed by atoms with Crippen LogP contribution >= 0.6 is 11.3 Å². The molecule has 20 heavy (non-hydrogen) atoms. The first-order valence-electron chi connectivity index (χ1n) is 6.50. The Hall–Kier alpha value is -1.95. The fraction of sp³-hybridized carbons (Fsp3) is 0.357. The molecule has 1 aromatic carbocycles. The molecule has 0 radical (unpaired) electrons. The van der Waals surface area contributed by atoms with Gasteiger partial charge >= 0.3 is 5.97 Å². The molecule has 2 aromatic rings. The first-order chi connectivity index (χ1) is 9.63. The highest BCUT2D eigenvalue weighted by atomic mass is 32.1. The molecule has 1 saturated carbocycles. The molecule has 0 aliphatic heterocycles.